The molecule has 0 heterocycles. The number of rotatable bonds is 6. The molecule has 176 valence electrons. The third-order valence-corrected chi connectivity index (χ3v) is 7.76. The first-order valence-electron chi connectivity index (χ1n) is 10.8. The number of amides is 2. The van der Waals surface area contributed by atoms with Crippen molar-refractivity contribution >= 4 is 23.4 Å². The standard InChI is InChI=1S/C22H26ClF3N2O4/c23-12-1-2-13(24)17(18(12)25)19(21-3-5-22(26,10-21)6-4-21)28-20(32)11-7-14(15(30)8-11)27-16(31)9-29/h1-2,11,14-15,19,29-30H,3-10H2,(H,27,31)(H,28,32)/t11-,14+,15-,19-,21?,22?/m1/s1. The van der Waals surface area contributed by atoms with Crippen LogP contribution in [0, 0.1) is 23.0 Å². The highest BCUT2D eigenvalue weighted by atomic mass is 35.5. The van der Waals surface area contributed by atoms with Gasteiger partial charge in [0.15, 0.2) is 0 Å². The normalized spacial score (nSPS) is 34.5. The Morgan fingerprint density at radius 2 is 1.88 bits per heavy atom. The predicted molar refractivity (Wildman–Crippen MR) is 109 cm³/mol. The van der Waals surface area contributed by atoms with Crippen LogP contribution in [0.15, 0.2) is 12.1 Å². The van der Waals surface area contributed by atoms with Crippen LogP contribution in [0.25, 0.3) is 0 Å². The molecule has 1 aromatic rings. The summed E-state index contributed by atoms with van der Waals surface area (Å²) in [6, 6.07) is 0.287. The van der Waals surface area contributed by atoms with Crippen LogP contribution in [0.2, 0.25) is 5.02 Å². The Bertz CT molecular complexity index is 923. The largest absolute Gasteiger partial charge is 0.391 e. The van der Waals surface area contributed by atoms with E-state index in [0.717, 1.165) is 12.1 Å². The zero-order valence-electron chi connectivity index (χ0n) is 17.3. The maximum absolute atomic E-state index is 15.0. The summed E-state index contributed by atoms with van der Waals surface area (Å²) in [7, 11) is 0. The zero-order valence-corrected chi connectivity index (χ0v) is 18.1. The molecule has 6 nitrogen and oxygen atoms in total. The van der Waals surface area contributed by atoms with Gasteiger partial charge in [-0.05, 0) is 62.5 Å². The molecule has 0 unspecified atom stereocenters. The van der Waals surface area contributed by atoms with Gasteiger partial charge < -0.3 is 20.8 Å². The molecule has 32 heavy (non-hydrogen) atoms. The van der Waals surface area contributed by atoms with E-state index in [1.165, 1.54) is 0 Å². The van der Waals surface area contributed by atoms with Gasteiger partial charge in [0.1, 0.15) is 23.9 Å². The number of carbonyl (C=O) groups is 2. The average molecular weight is 475 g/mol. The minimum Gasteiger partial charge on any atom is -0.391 e. The van der Waals surface area contributed by atoms with Gasteiger partial charge in [-0.3, -0.25) is 9.59 Å². The first kappa shape index (κ1) is 23.3. The van der Waals surface area contributed by atoms with Crippen molar-refractivity contribution in [2.24, 2.45) is 11.3 Å². The number of halogens is 4. The lowest BCUT2D eigenvalue weighted by molar-refractivity contribution is -0.127. The van der Waals surface area contributed by atoms with Gasteiger partial charge in [-0.25, -0.2) is 13.2 Å². The number of aliphatic hydroxyl groups is 2. The molecule has 10 heteroatoms. The highest BCUT2D eigenvalue weighted by molar-refractivity contribution is 6.30. The fourth-order valence-electron chi connectivity index (χ4n) is 5.81. The number of nitrogens with one attached hydrogen (secondary N) is 2. The van der Waals surface area contributed by atoms with E-state index >= 15 is 0 Å². The maximum Gasteiger partial charge on any atom is 0.246 e. The summed E-state index contributed by atoms with van der Waals surface area (Å²) in [6.07, 6.45) is 0.514. The summed E-state index contributed by atoms with van der Waals surface area (Å²) < 4.78 is 44.8. The molecule has 2 amide bonds. The lowest BCUT2D eigenvalue weighted by Gasteiger charge is -2.37. The van der Waals surface area contributed by atoms with E-state index in [1.807, 2.05) is 0 Å². The quantitative estimate of drug-likeness (QED) is 0.476. The molecule has 0 radical (unpaired) electrons. The third kappa shape index (κ3) is 4.10. The lowest BCUT2D eigenvalue weighted by Crippen LogP contribution is -2.43. The summed E-state index contributed by atoms with van der Waals surface area (Å²) >= 11 is 5.90. The average Bonchev–Trinajstić information content (AvgIpc) is 3.41. The van der Waals surface area contributed by atoms with Crippen molar-refractivity contribution in [2.75, 3.05) is 6.61 Å². The molecule has 3 saturated carbocycles. The van der Waals surface area contributed by atoms with Crippen molar-refractivity contribution in [3.05, 3.63) is 34.4 Å². The molecular weight excluding hydrogens is 449 g/mol. The molecule has 0 aliphatic heterocycles. The molecule has 0 spiro atoms. The fourth-order valence-corrected chi connectivity index (χ4v) is 5.97. The van der Waals surface area contributed by atoms with Crippen molar-refractivity contribution in [1.29, 1.82) is 0 Å². The summed E-state index contributed by atoms with van der Waals surface area (Å²) in [4.78, 5) is 24.6. The summed E-state index contributed by atoms with van der Waals surface area (Å²) in [5.74, 6) is -3.78. The van der Waals surface area contributed by atoms with Crippen LogP contribution in [0.1, 0.15) is 56.6 Å². The number of aliphatic hydroxyl groups excluding tert-OH is 2. The summed E-state index contributed by atoms with van der Waals surface area (Å²) in [5.41, 5.74) is -2.61. The van der Waals surface area contributed by atoms with E-state index in [0.29, 0.717) is 12.8 Å². The topological polar surface area (TPSA) is 98.7 Å². The molecule has 3 aliphatic rings. The maximum atomic E-state index is 15.0. The molecule has 1 aromatic carbocycles. The second-order valence-corrected chi connectivity index (χ2v) is 9.86. The van der Waals surface area contributed by atoms with Gasteiger partial charge in [-0.15, -0.1) is 0 Å². The second kappa shape index (κ2) is 8.50. The van der Waals surface area contributed by atoms with E-state index in [4.69, 9.17) is 16.7 Å². The van der Waals surface area contributed by atoms with Gasteiger partial charge in [-0.1, -0.05) is 11.6 Å². The van der Waals surface area contributed by atoms with Crippen molar-refractivity contribution < 1.29 is 33.0 Å². The molecular formula is C22H26ClF3N2O4. The van der Waals surface area contributed by atoms with Gasteiger partial charge in [0.25, 0.3) is 0 Å². The summed E-state index contributed by atoms with van der Waals surface area (Å²) in [6.45, 7) is -0.747. The van der Waals surface area contributed by atoms with Gasteiger partial charge in [-0.2, -0.15) is 0 Å². The lowest BCUT2D eigenvalue weighted by atomic mass is 9.74. The Hall–Kier alpha value is -1.84. The van der Waals surface area contributed by atoms with Crippen molar-refractivity contribution in [3.8, 4) is 0 Å². The van der Waals surface area contributed by atoms with Gasteiger partial charge in [0.05, 0.1) is 23.2 Å². The second-order valence-electron chi connectivity index (χ2n) is 9.46. The van der Waals surface area contributed by atoms with Crippen molar-refractivity contribution in [2.45, 2.75) is 68.8 Å². The molecule has 4 N–H and O–H groups in total. The Morgan fingerprint density at radius 1 is 1.19 bits per heavy atom. The monoisotopic (exact) mass is 474 g/mol. The predicted octanol–water partition coefficient (Wildman–Crippen LogP) is 2.70. The van der Waals surface area contributed by atoms with E-state index in [-0.39, 0.29) is 42.7 Å². The molecule has 3 fully saturated rings. The van der Waals surface area contributed by atoms with Crippen LogP contribution in [-0.2, 0) is 9.59 Å². The van der Waals surface area contributed by atoms with Gasteiger partial charge in [0.2, 0.25) is 11.8 Å². The number of carbonyl (C=O) groups excluding carboxylic acids is 2. The van der Waals surface area contributed by atoms with Gasteiger partial charge >= 0.3 is 0 Å². The van der Waals surface area contributed by atoms with Gasteiger partial charge in [0, 0.05) is 11.5 Å². The van der Waals surface area contributed by atoms with Crippen LogP contribution in [0.4, 0.5) is 13.2 Å². The fraction of sp³-hybridized carbons (Fsp3) is 0.636. The zero-order chi connectivity index (χ0) is 23.3. The number of fused-ring (bicyclic) bond motifs is 2. The number of hydrogen-bond acceptors (Lipinski definition) is 4. The first-order chi connectivity index (χ1) is 15.1. The highest BCUT2D eigenvalue weighted by Gasteiger charge is 2.59. The number of hydrogen-bond donors (Lipinski definition) is 4. The van der Waals surface area contributed by atoms with Crippen LogP contribution >= 0.6 is 11.6 Å². The molecule has 3 aliphatic carbocycles. The minimum absolute atomic E-state index is 0.0372. The molecule has 0 aromatic heterocycles. The Kier molecular flexibility index (Phi) is 6.19. The molecule has 2 bridgehead atoms. The minimum atomic E-state index is -1.41. The molecule has 0 saturated heterocycles. The SMILES string of the molecule is O=C(CO)N[C@H]1C[C@@H](C(=O)N[C@H](c2c(F)ccc(Cl)c2F)C23CCC(F)(CC2)C3)C[C@H]1O. The van der Waals surface area contributed by atoms with E-state index in [2.05, 4.69) is 10.6 Å². The Balaban J connectivity index is 1.61. The molecule has 4 rings (SSSR count). The van der Waals surface area contributed by atoms with Crippen LogP contribution in [0.5, 0.6) is 0 Å². The Morgan fingerprint density at radius 3 is 2.47 bits per heavy atom. The Labute approximate surface area is 188 Å². The van der Waals surface area contributed by atoms with Crippen LogP contribution in [-0.4, -0.2) is 46.4 Å². The van der Waals surface area contributed by atoms with E-state index in [9.17, 15) is 27.9 Å². The van der Waals surface area contributed by atoms with Crippen LogP contribution in [0.3, 0.4) is 0 Å². The van der Waals surface area contributed by atoms with Crippen LogP contribution < -0.4 is 10.6 Å². The highest BCUT2D eigenvalue weighted by Crippen LogP contribution is 2.63. The molecule has 4 atom stereocenters. The first-order valence-corrected chi connectivity index (χ1v) is 11.2. The van der Waals surface area contributed by atoms with E-state index in [1.54, 1.807) is 0 Å². The number of benzene rings is 1. The smallest absolute Gasteiger partial charge is 0.246 e. The summed E-state index contributed by atoms with van der Waals surface area (Å²) in [5, 5.41) is 24.0. The third-order valence-electron chi connectivity index (χ3n) is 7.47. The number of alkyl halides is 1. The van der Waals surface area contributed by atoms with E-state index < -0.39 is 65.2 Å². The van der Waals surface area contributed by atoms with Crippen molar-refractivity contribution in [1.82, 2.24) is 10.6 Å². The van der Waals surface area contributed by atoms with Crippen molar-refractivity contribution in [3.63, 3.8) is 0 Å².